The Morgan fingerprint density at radius 2 is 1.63 bits per heavy atom. The highest BCUT2D eigenvalue weighted by atomic mass is 16.5. The summed E-state index contributed by atoms with van der Waals surface area (Å²) in [6.07, 6.45) is 0. The van der Waals surface area contributed by atoms with Crippen LogP contribution in [0.2, 0.25) is 0 Å². The number of carbonyl (C=O) groups excluding carboxylic acids is 1. The van der Waals surface area contributed by atoms with Crippen molar-refractivity contribution in [2.45, 2.75) is 6.61 Å². The molecule has 1 heterocycles. The quantitative estimate of drug-likeness (QED) is 0.476. The first-order valence-electron chi connectivity index (χ1n) is 9.40. The third kappa shape index (κ3) is 4.17. The molecule has 0 aliphatic heterocycles. The van der Waals surface area contributed by atoms with Crippen LogP contribution in [0.5, 0.6) is 5.75 Å². The second-order valence-corrected chi connectivity index (χ2v) is 6.68. The zero-order chi connectivity index (χ0) is 20.9. The van der Waals surface area contributed by atoms with Crippen molar-refractivity contribution in [2.75, 3.05) is 6.54 Å². The molecule has 6 heteroatoms. The van der Waals surface area contributed by atoms with Gasteiger partial charge in [0, 0.05) is 10.9 Å². The summed E-state index contributed by atoms with van der Waals surface area (Å²) in [5.74, 6) is -0.674. The van der Waals surface area contributed by atoms with Crippen LogP contribution in [-0.2, 0) is 11.4 Å². The summed E-state index contributed by atoms with van der Waals surface area (Å²) in [5, 5.41) is 11.9. The van der Waals surface area contributed by atoms with Crippen LogP contribution in [0.25, 0.3) is 22.3 Å². The van der Waals surface area contributed by atoms with Crippen molar-refractivity contribution >= 4 is 22.8 Å². The molecule has 0 fully saturated rings. The number of rotatable bonds is 7. The standard InChI is InChI=1S/C24H19NO5/c26-21(27)14-25-24(28)22-19-13-18(29-15-16-7-3-1-4-8-16)11-12-20(19)30-23(22)17-9-5-2-6-10-17/h1-13H,14-15H2,(H,25,28)(H,26,27). The Morgan fingerprint density at radius 3 is 2.33 bits per heavy atom. The Labute approximate surface area is 172 Å². The zero-order valence-electron chi connectivity index (χ0n) is 16.0. The number of carbonyl (C=O) groups is 2. The van der Waals surface area contributed by atoms with Crippen molar-refractivity contribution in [1.29, 1.82) is 0 Å². The van der Waals surface area contributed by atoms with E-state index in [1.807, 2.05) is 60.7 Å². The number of hydrogen-bond donors (Lipinski definition) is 2. The Kier molecular flexibility index (Phi) is 5.48. The number of fused-ring (bicyclic) bond motifs is 1. The van der Waals surface area contributed by atoms with Gasteiger partial charge in [0.1, 0.15) is 30.2 Å². The van der Waals surface area contributed by atoms with Crippen molar-refractivity contribution in [1.82, 2.24) is 5.32 Å². The number of carboxylic acid groups (broad SMARTS) is 1. The van der Waals surface area contributed by atoms with E-state index >= 15 is 0 Å². The highest BCUT2D eigenvalue weighted by Crippen LogP contribution is 2.35. The van der Waals surface area contributed by atoms with Gasteiger partial charge in [-0.1, -0.05) is 60.7 Å². The molecule has 0 aliphatic rings. The lowest BCUT2D eigenvalue weighted by molar-refractivity contribution is -0.135. The Hall–Kier alpha value is -4.06. The summed E-state index contributed by atoms with van der Waals surface area (Å²) >= 11 is 0. The molecule has 4 rings (SSSR count). The lowest BCUT2D eigenvalue weighted by Gasteiger charge is -2.07. The summed E-state index contributed by atoms with van der Waals surface area (Å²) in [6, 6.07) is 24.2. The maximum Gasteiger partial charge on any atom is 0.322 e. The number of ether oxygens (including phenoxy) is 1. The van der Waals surface area contributed by atoms with Crippen LogP contribution in [0.4, 0.5) is 0 Å². The smallest absolute Gasteiger partial charge is 0.322 e. The van der Waals surface area contributed by atoms with Crippen LogP contribution in [0.15, 0.2) is 83.3 Å². The molecular formula is C24H19NO5. The minimum Gasteiger partial charge on any atom is -0.489 e. The maximum atomic E-state index is 12.8. The van der Waals surface area contributed by atoms with E-state index in [9.17, 15) is 9.59 Å². The van der Waals surface area contributed by atoms with E-state index in [4.69, 9.17) is 14.3 Å². The van der Waals surface area contributed by atoms with Crippen molar-refractivity contribution in [2.24, 2.45) is 0 Å². The normalized spacial score (nSPS) is 10.7. The highest BCUT2D eigenvalue weighted by molar-refractivity contribution is 6.11. The average molecular weight is 401 g/mol. The summed E-state index contributed by atoms with van der Waals surface area (Å²) < 4.78 is 11.8. The van der Waals surface area contributed by atoms with Crippen LogP contribution in [0.1, 0.15) is 15.9 Å². The fourth-order valence-electron chi connectivity index (χ4n) is 3.17. The molecule has 0 radical (unpaired) electrons. The summed E-state index contributed by atoms with van der Waals surface area (Å²) in [7, 11) is 0. The minimum absolute atomic E-state index is 0.280. The first-order chi connectivity index (χ1) is 14.6. The predicted molar refractivity (Wildman–Crippen MR) is 112 cm³/mol. The van der Waals surface area contributed by atoms with Gasteiger partial charge in [-0.3, -0.25) is 9.59 Å². The molecular weight excluding hydrogens is 382 g/mol. The van der Waals surface area contributed by atoms with E-state index in [2.05, 4.69) is 5.32 Å². The summed E-state index contributed by atoms with van der Waals surface area (Å²) in [5.41, 5.74) is 2.54. The molecule has 30 heavy (non-hydrogen) atoms. The molecule has 0 saturated carbocycles. The summed E-state index contributed by atoms with van der Waals surface area (Å²) in [4.78, 5) is 23.7. The van der Waals surface area contributed by atoms with Crippen molar-refractivity contribution < 1.29 is 23.8 Å². The van der Waals surface area contributed by atoms with E-state index in [0.717, 1.165) is 11.1 Å². The first kappa shape index (κ1) is 19.3. The molecule has 1 aromatic heterocycles. The Balaban J connectivity index is 1.72. The monoisotopic (exact) mass is 401 g/mol. The predicted octanol–water partition coefficient (Wildman–Crippen LogP) is 4.49. The molecule has 0 saturated heterocycles. The largest absolute Gasteiger partial charge is 0.489 e. The fraction of sp³-hybridized carbons (Fsp3) is 0.0833. The average Bonchev–Trinajstić information content (AvgIpc) is 3.16. The third-order valence-corrected chi connectivity index (χ3v) is 4.57. The van der Waals surface area contributed by atoms with Crippen LogP contribution in [0, 0.1) is 0 Å². The number of amides is 1. The number of furan rings is 1. The van der Waals surface area contributed by atoms with Gasteiger partial charge in [-0.2, -0.15) is 0 Å². The van der Waals surface area contributed by atoms with Crippen LogP contribution in [-0.4, -0.2) is 23.5 Å². The van der Waals surface area contributed by atoms with Crippen LogP contribution in [0.3, 0.4) is 0 Å². The molecule has 0 unspecified atom stereocenters. The number of nitrogens with one attached hydrogen (secondary N) is 1. The van der Waals surface area contributed by atoms with Crippen molar-refractivity contribution in [3.8, 4) is 17.1 Å². The SMILES string of the molecule is O=C(O)CNC(=O)c1c(-c2ccccc2)oc2ccc(OCc3ccccc3)cc12. The third-order valence-electron chi connectivity index (χ3n) is 4.57. The maximum absolute atomic E-state index is 12.8. The molecule has 0 bridgehead atoms. The lowest BCUT2D eigenvalue weighted by Crippen LogP contribution is -2.29. The van der Waals surface area contributed by atoms with E-state index < -0.39 is 18.4 Å². The van der Waals surface area contributed by atoms with Gasteiger partial charge >= 0.3 is 5.97 Å². The van der Waals surface area contributed by atoms with Crippen LogP contribution >= 0.6 is 0 Å². The first-order valence-corrected chi connectivity index (χ1v) is 9.40. The van der Waals surface area contributed by atoms with E-state index in [1.54, 1.807) is 18.2 Å². The molecule has 150 valence electrons. The van der Waals surface area contributed by atoms with E-state index in [0.29, 0.717) is 29.1 Å². The Morgan fingerprint density at radius 1 is 0.933 bits per heavy atom. The molecule has 0 aliphatic carbocycles. The van der Waals surface area contributed by atoms with Gasteiger partial charge in [-0.15, -0.1) is 0 Å². The minimum atomic E-state index is -1.12. The topological polar surface area (TPSA) is 88.8 Å². The number of hydrogen-bond acceptors (Lipinski definition) is 4. The van der Waals surface area contributed by atoms with Gasteiger partial charge in [0.2, 0.25) is 0 Å². The second-order valence-electron chi connectivity index (χ2n) is 6.68. The van der Waals surface area contributed by atoms with Crippen LogP contribution < -0.4 is 10.1 Å². The number of benzene rings is 3. The van der Waals surface area contributed by atoms with Gasteiger partial charge in [0.25, 0.3) is 5.91 Å². The van der Waals surface area contributed by atoms with Crippen molar-refractivity contribution in [3.63, 3.8) is 0 Å². The summed E-state index contributed by atoms with van der Waals surface area (Å²) in [6.45, 7) is -0.0970. The van der Waals surface area contributed by atoms with Gasteiger partial charge < -0.3 is 19.6 Å². The lowest BCUT2D eigenvalue weighted by atomic mass is 10.0. The molecule has 3 aromatic carbocycles. The van der Waals surface area contributed by atoms with Crippen molar-refractivity contribution in [3.05, 3.63) is 90.0 Å². The van der Waals surface area contributed by atoms with E-state index in [1.165, 1.54) is 0 Å². The Bertz CT molecular complexity index is 1180. The molecule has 6 nitrogen and oxygen atoms in total. The molecule has 2 N–H and O–H groups in total. The number of carboxylic acids is 1. The zero-order valence-corrected chi connectivity index (χ0v) is 16.0. The molecule has 1 amide bonds. The van der Waals surface area contributed by atoms with Gasteiger partial charge in [0.05, 0.1) is 5.56 Å². The molecule has 4 aromatic rings. The fourth-order valence-corrected chi connectivity index (χ4v) is 3.17. The highest BCUT2D eigenvalue weighted by Gasteiger charge is 2.23. The molecule has 0 atom stereocenters. The van der Waals surface area contributed by atoms with Gasteiger partial charge in [-0.05, 0) is 23.8 Å². The molecule has 0 spiro atoms. The van der Waals surface area contributed by atoms with Gasteiger partial charge in [-0.25, -0.2) is 0 Å². The second kappa shape index (κ2) is 8.53. The van der Waals surface area contributed by atoms with Gasteiger partial charge in [0.15, 0.2) is 0 Å². The number of aliphatic carboxylic acids is 1. The van der Waals surface area contributed by atoms with E-state index in [-0.39, 0.29) is 5.56 Å².